The van der Waals surface area contributed by atoms with Gasteiger partial charge < -0.3 is 10.6 Å². The summed E-state index contributed by atoms with van der Waals surface area (Å²) in [6.45, 7) is 4.17. The summed E-state index contributed by atoms with van der Waals surface area (Å²) < 4.78 is 0. The van der Waals surface area contributed by atoms with E-state index in [9.17, 15) is 4.79 Å². The quantitative estimate of drug-likeness (QED) is 0.748. The number of hydrogen-bond acceptors (Lipinski definition) is 2. The summed E-state index contributed by atoms with van der Waals surface area (Å²) in [6, 6.07) is 0.883. The number of carbonyl (C=O) groups is 1. The van der Waals surface area contributed by atoms with Gasteiger partial charge in [0.2, 0.25) is 5.91 Å². The Morgan fingerprint density at radius 1 is 1.12 bits per heavy atom. The molecule has 16 heavy (non-hydrogen) atoms. The van der Waals surface area contributed by atoms with Crippen molar-refractivity contribution in [3.05, 3.63) is 0 Å². The molecule has 0 aromatic rings. The van der Waals surface area contributed by atoms with Crippen LogP contribution in [0, 0.1) is 5.92 Å². The smallest absolute Gasteiger partial charge is 0.237 e. The van der Waals surface area contributed by atoms with E-state index in [-0.39, 0.29) is 11.9 Å². The zero-order valence-corrected chi connectivity index (χ0v) is 10.5. The normalized spacial score (nSPS) is 25.4. The van der Waals surface area contributed by atoms with Gasteiger partial charge in [-0.1, -0.05) is 12.8 Å². The molecule has 3 heteroatoms. The lowest BCUT2D eigenvalue weighted by atomic mass is 10.1. The molecule has 0 radical (unpaired) electrons. The van der Waals surface area contributed by atoms with Gasteiger partial charge in [-0.05, 0) is 45.4 Å². The average Bonchev–Trinajstić information content (AvgIpc) is 2.98. The minimum absolute atomic E-state index is 0.0452. The second kappa shape index (κ2) is 5.17. The van der Waals surface area contributed by atoms with Crippen LogP contribution >= 0.6 is 0 Å². The summed E-state index contributed by atoms with van der Waals surface area (Å²) in [7, 11) is 0. The molecule has 0 heterocycles. The van der Waals surface area contributed by atoms with Crippen molar-refractivity contribution in [2.24, 2.45) is 5.92 Å². The number of carbonyl (C=O) groups excluding carboxylic acids is 1. The highest BCUT2D eigenvalue weighted by atomic mass is 16.2. The summed E-state index contributed by atoms with van der Waals surface area (Å²) in [5.74, 6) is 0.987. The summed E-state index contributed by atoms with van der Waals surface area (Å²) in [4.78, 5) is 11.9. The molecule has 2 aliphatic rings. The van der Waals surface area contributed by atoms with Crippen LogP contribution in [0.5, 0.6) is 0 Å². The summed E-state index contributed by atoms with van der Waals surface area (Å²) in [5.41, 5.74) is 0. The van der Waals surface area contributed by atoms with Crippen molar-refractivity contribution in [1.29, 1.82) is 0 Å². The third kappa shape index (κ3) is 3.21. The van der Waals surface area contributed by atoms with E-state index >= 15 is 0 Å². The first-order chi connectivity index (χ1) is 7.66. The van der Waals surface area contributed by atoms with Crippen molar-refractivity contribution in [3.63, 3.8) is 0 Å². The van der Waals surface area contributed by atoms with Crippen LogP contribution < -0.4 is 10.6 Å². The predicted octanol–water partition coefficient (Wildman–Crippen LogP) is 1.82. The lowest BCUT2D eigenvalue weighted by Gasteiger charge is -2.21. The van der Waals surface area contributed by atoms with Gasteiger partial charge in [0, 0.05) is 12.1 Å². The van der Waals surface area contributed by atoms with Gasteiger partial charge in [0.25, 0.3) is 0 Å². The Morgan fingerprint density at radius 3 is 2.31 bits per heavy atom. The Bertz CT molecular complexity index is 244. The molecule has 2 atom stereocenters. The second-order valence-corrected chi connectivity index (χ2v) is 5.50. The molecular formula is C13H24N2O. The molecule has 3 nitrogen and oxygen atoms in total. The fourth-order valence-corrected chi connectivity index (χ4v) is 2.60. The van der Waals surface area contributed by atoms with Crippen LogP contribution in [-0.2, 0) is 4.79 Å². The largest absolute Gasteiger partial charge is 0.352 e. The van der Waals surface area contributed by atoms with Gasteiger partial charge in [-0.25, -0.2) is 0 Å². The van der Waals surface area contributed by atoms with Gasteiger partial charge in [-0.15, -0.1) is 0 Å². The van der Waals surface area contributed by atoms with E-state index in [2.05, 4.69) is 17.6 Å². The molecule has 0 bridgehead atoms. The van der Waals surface area contributed by atoms with Crippen molar-refractivity contribution < 1.29 is 4.79 Å². The van der Waals surface area contributed by atoms with Crippen LogP contribution in [0.4, 0.5) is 0 Å². The molecule has 0 spiro atoms. The molecule has 0 aromatic heterocycles. The third-order valence-corrected chi connectivity index (χ3v) is 3.94. The molecule has 1 amide bonds. The Morgan fingerprint density at radius 2 is 1.75 bits per heavy atom. The maximum Gasteiger partial charge on any atom is 0.237 e. The Kier molecular flexibility index (Phi) is 3.85. The van der Waals surface area contributed by atoms with Gasteiger partial charge >= 0.3 is 0 Å². The minimum Gasteiger partial charge on any atom is -0.352 e. The van der Waals surface area contributed by atoms with E-state index in [4.69, 9.17) is 0 Å². The van der Waals surface area contributed by atoms with Crippen LogP contribution in [0.3, 0.4) is 0 Å². The highest BCUT2D eigenvalue weighted by Crippen LogP contribution is 2.32. The molecule has 2 N–H and O–H groups in total. The maximum atomic E-state index is 11.9. The SMILES string of the molecule is CC(NC(C)C1CC1)C(=O)NC1CCCC1. The first-order valence-electron chi connectivity index (χ1n) is 6.73. The van der Waals surface area contributed by atoms with Crippen molar-refractivity contribution in [1.82, 2.24) is 10.6 Å². The van der Waals surface area contributed by atoms with E-state index in [0.29, 0.717) is 12.1 Å². The van der Waals surface area contributed by atoms with Crippen LogP contribution in [0.2, 0.25) is 0 Å². The molecule has 2 rings (SSSR count). The fraction of sp³-hybridized carbons (Fsp3) is 0.923. The number of nitrogens with one attached hydrogen (secondary N) is 2. The second-order valence-electron chi connectivity index (χ2n) is 5.50. The van der Waals surface area contributed by atoms with Crippen LogP contribution in [0.25, 0.3) is 0 Å². The lowest BCUT2D eigenvalue weighted by Crippen LogP contribution is -2.48. The van der Waals surface area contributed by atoms with E-state index in [1.54, 1.807) is 0 Å². The number of amides is 1. The first kappa shape index (κ1) is 11.9. The topological polar surface area (TPSA) is 41.1 Å². The number of rotatable bonds is 5. The van der Waals surface area contributed by atoms with Crippen LogP contribution in [0.1, 0.15) is 52.4 Å². The maximum absolute atomic E-state index is 11.9. The van der Waals surface area contributed by atoms with Gasteiger partial charge in [0.1, 0.15) is 0 Å². The summed E-state index contributed by atoms with van der Waals surface area (Å²) >= 11 is 0. The Hall–Kier alpha value is -0.570. The highest BCUT2D eigenvalue weighted by Gasteiger charge is 2.30. The van der Waals surface area contributed by atoms with Crippen molar-refractivity contribution >= 4 is 5.91 Å². The van der Waals surface area contributed by atoms with Crippen LogP contribution in [-0.4, -0.2) is 24.0 Å². The number of hydrogen-bond donors (Lipinski definition) is 2. The Balaban J connectivity index is 1.70. The monoisotopic (exact) mass is 224 g/mol. The standard InChI is InChI=1S/C13H24N2O/c1-9(11-7-8-11)14-10(2)13(16)15-12-5-3-4-6-12/h9-12,14H,3-8H2,1-2H3,(H,15,16). The van der Waals surface area contributed by atoms with E-state index in [1.807, 2.05) is 6.92 Å². The average molecular weight is 224 g/mol. The molecule has 2 unspecified atom stereocenters. The van der Waals surface area contributed by atoms with Crippen molar-refractivity contribution in [3.8, 4) is 0 Å². The minimum atomic E-state index is -0.0452. The van der Waals surface area contributed by atoms with E-state index in [0.717, 1.165) is 18.8 Å². The van der Waals surface area contributed by atoms with Gasteiger partial charge in [0.15, 0.2) is 0 Å². The van der Waals surface area contributed by atoms with E-state index in [1.165, 1.54) is 25.7 Å². The summed E-state index contributed by atoms with van der Waals surface area (Å²) in [6.07, 6.45) is 7.51. The molecule has 2 fully saturated rings. The van der Waals surface area contributed by atoms with Crippen molar-refractivity contribution in [2.75, 3.05) is 0 Å². The molecule has 0 aliphatic heterocycles. The van der Waals surface area contributed by atoms with Gasteiger partial charge in [0.05, 0.1) is 6.04 Å². The fourth-order valence-electron chi connectivity index (χ4n) is 2.60. The zero-order valence-electron chi connectivity index (χ0n) is 10.5. The lowest BCUT2D eigenvalue weighted by molar-refractivity contribution is -0.123. The molecule has 0 aromatic carbocycles. The molecule has 2 saturated carbocycles. The Labute approximate surface area is 98.4 Å². The molecular weight excluding hydrogens is 200 g/mol. The van der Waals surface area contributed by atoms with Gasteiger partial charge in [-0.3, -0.25) is 4.79 Å². The van der Waals surface area contributed by atoms with Crippen molar-refractivity contribution in [2.45, 2.75) is 70.5 Å². The molecule has 92 valence electrons. The first-order valence-corrected chi connectivity index (χ1v) is 6.73. The third-order valence-electron chi connectivity index (χ3n) is 3.94. The molecule has 0 saturated heterocycles. The highest BCUT2D eigenvalue weighted by molar-refractivity contribution is 5.81. The molecule has 2 aliphatic carbocycles. The zero-order chi connectivity index (χ0) is 11.5. The van der Waals surface area contributed by atoms with Gasteiger partial charge in [-0.2, -0.15) is 0 Å². The van der Waals surface area contributed by atoms with E-state index < -0.39 is 0 Å². The summed E-state index contributed by atoms with van der Waals surface area (Å²) in [5, 5.41) is 6.55. The van der Waals surface area contributed by atoms with Crippen LogP contribution in [0.15, 0.2) is 0 Å². The predicted molar refractivity (Wildman–Crippen MR) is 65.2 cm³/mol.